The average molecular weight is 216 g/mol. The van der Waals surface area contributed by atoms with Gasteiger partial charge in [-0.15, -0.1) is 0 Å². The van der Waals surface area contributed by atoms with Gasteiger partial charge in [0.1, 0.15) is 5.54 Å². The van der Waals surface area contributed by atoms with Crippen molar-refractivity contribution in [2.24, 2.45) is 0 Å². The predicted molar refractivity (Wildman–Crippen MR) is 57.6 cm³/mol. The number of carboxylic acid groups (broad SMARTS) is 1. The van der Waals surface area contributed by atoms with Crippen molar-refractivity contribution in [3.63, 3.8) is 0 Å². The summed E-state index contributed by atoms with van der Waals surface area (Å²) in [5.74, 6) is -1.05. The van der Waals surface area contributed by atoms with Crippen molar-refractivity contribution in [1.29, 1.82) is 0 Å². The van der Waals surface area contributed by atoms with Crippen molar-refractivity contribution >= 4 is 11.9 Å². The largest absolute Gasteiger partial charge is 0.480 e. The first-order valence-corrected chi connectivity index (χ1v) is 5.02. The van der Waals surface area contributed by atoms with Crippen LogP contribution in [0.15, 0.2) is 0 Å². The number of nitrogens with one attached hydrogen (secondary N) is 1. The first-order chi connectivity index (χ1) is 6.83. The van der Waals surface area contributed by atoms with E-state index < -0.39 is 11.5 Å². The molecule has 0 radical (unpaired) electrons. The smallest absolute Gasteiger partial charge is 0.323 e. The predicted octanol–water partition coefficient (Wildman–Crippen LogP) is 0.308. The SMILES string of the molecule is CCCC(C)(NCC(=O)N(C)C)C(=O)O. The van der Waals surface area contributed by atoms with Crippen LogP contribution in [0.5, 0.6) is 0 Å². The van der Waals surface area contributed by atoms with Crippen LogP contribution >= 0.6 is 0 Å². The molecule has 0 spiro atoms. The molecule has 1 amide bonds. The first kappa shape index (κ1) is 13.9. The third kappa shape index (κ3) is 4.29. The number of likely N-dealkylation sites (N-methyl/N-ethyl adjacent to an activating group) is 1. The van der Waals surface area contributed by atoms with Crippen LogP contribution in [0.3, 0.4) is 0 Å². The number of carboxylic acids is 1. The van der Waals surface area contributed by atoms with Crippen LogP contribution in [-0.2, 0) is 9.59 Å². The van der Waals surface area contributed by atoms with Gasteiger partial charge in [0.05, 0.1) is 6.54 Å². The zero-order valence-electron chi connectivity index (χ0n) is 9.83. The van der Waals surface area contributed by atoms with Gasteiger partial charge in [-0.05, 0) is 13.3 Å². The molecule has 0 aliphatic rings. The second kappa shape index (κ2) is 5.70. The molecular formula is C10H20N2O3. The lowest BCUT2D eigenvalue weighted by molar-refractivity contribution is -0.144. The van der Waals surface area contributed by atoms with Gasteiger partial charge in [0, 0.05) is 14.1 Å². The van der Waals surface area contributed by atoms with Gasteiger partial charge >= 0.3 is 5.97 Å². The average Bonchev–Trinajstić information content (AvgIpc) is 2.14. The molecule has 0 fully saturated rings. The summed E-state index contributed by atoms with van der Waals surface area (Å²) in [7, 11) is 3.28. The van der Waals surface area contributed by atoms with Crippen LogP contribution < -0.4 is 5.32 Å². The molecule has 88 valence electrons. The molecule has 0 aliphatic carbocycles. The molecule has 2 N–H and O–H groups in total. The number of hydrogen-bond acceptors (Lipinski definition) is 3. The molecule has 0 saturated heterocycles. The third-order valence-electron chi connectivity index (χ3n) is 2.35. The van der Waals surface area contributed by atoms with Gasteiger partial charge < -0.3 is 10.0 Å². The Morgan fingerprint density at radius 2 is 1.93 bits per heavy atom. The lowest BCUT2D eigenvalue weighted by Crippen LogP contribution is -2.52. The Bertz CT molecular complexity index is 241. The number of hydrogen-bond donors (Lipinski definition) is 2. The number of rotatable bonds is 6. The summed E-state index contributed by atoms with van der Waals surface area (Å²) in [5.41, 5.74) is -1.01. The minimum Gasteiger partial charge on any atom is -0.480 e. The highest BCUT2D eigenvalue weighted by atomic mass is 16.4. The molecule has 0 aromatic rings. The van der Waals surface area contributed by atoms with Gasteiger partial charge in [0.15, 0.2) is 0 Å². The topological polar surface area (TPSA) is 69.6 Å². The second-order valence-corrected chi connectivity index (χ2v) is 4.03. The molecule has 1 unspecified atom stereocenters. The van der Waals surface area contributed by atoms with Gasteiger partial charge in [0.25, 0.3) is 0 Å². The monoisotopic (exact) mass is 216 g/mol. The van der Waals surface area contributed by atoms with Crippen molar-refractivity contribution in [2.45, 2.75) is 32.2 Å². The van der Waals surface area contributed by atoms with E-state index in [4.69, 9.17) is 5.11 Å². The van der Waals surface area contributed by atoms with E-state index in [9.17, 15) is 9.59 Å². The zero-order valence-corrected chi connectivity index (χ0v) is 9.83. The lowest BCUT2D eigenvalue weighted by atomic mass is 9.96. The van der Waals surface area contributed by atoms with Gasteiger partial charge in [-0.3, -0.25) is 14.9 Å². The molecule has 0 bridgehead atoms. The lowest BCUT2D eigenvalue weighted by Gasteiger charge is -2.26. The summed E-state index contributed by atoms with van der Waals surface area (Å²) < 4.78 is 0. The third-order valence-corrected chi connectivity index (χ3v) is 2.35. The highest BCUT2D eigenvalue weighted by molar-refractivity contribution is 5.81. The summed E-state index contributed by atoms with van der Waals surface area (Å²) >= 11 is 0. The number of carbonyl (C=O) groups excluding carboxylic acids is 1. The van der Waals surface area contributed by atoms with E-state index in [2.05, 4.69) is 5.32 Å². The van der Waals surface area contributed by atoms with E-state index in [0.29, 0.717) is 6.42 Å². The van der Waals surface area contributed by atoms with Crippen molar-refractivity contribution in [3.05, 3.63) is 0 Å². The summed E-state index contributed by atoms with van der Waals surface area (Å²) in [6.07, 6.45) is 1.26. The standard InChI is InChI=1S/C10H20N2O3/c1-5-6-10(2,9(14)15)11-7-8(13)12(3)4/h11H,5-7H2,1-4H3,(H,14,15). The van der Waals surface area contributed by atoms with Crippen LogP contribution in [0.25, 0.3) is 0 Å². The van der Waals surface area contributed by atoms with E-state index in [0.717, 1.165) is 6.42 Å². The Kier molecular flexibility index (Phi) is 5.28. The first-order valence-electron chi connectivity index (χ1n) is 5.02. The van der Waals surface area contributed by atoms with E-state index in [1.165, 1.54) is 4.90 Å². The normalized spacial score (nSPS) is 14.4. The Hall–Kier alpha value is -1.10. The Morgan fingerprint density at radius 1 is 1.40 bits per heavy atom. The number of carbonyl (C=O) groups is 2. The van der Waals surface area contributed by atoms with E-state index in [1.807, 2.05) is 6.92 Å². The number of nitrogens with zero attached hydrogens (tertiary/aromatic N) is 1. The molecule has 0 aliphatic heterocycles. The van der Waals surface area contributed by atoms with Crippen LogP contribution in [-0.4, -0.2) is 48.1 Å². The highest BCUT2D eigenvalue weighted by Crippen LogP contribution is 2.12. The van der Waals surface area contributed by atoms with E-state index in [1.54, 1.807) is 21.0 Å². The number of amides is 1. The maximum atomic E-state index is 11.3. The fraction of sp³-hybridized carbons (Fsp3) is 0.800. The van der Waals surface area contributed by atoms with Crippen LogP contribution in [0, 0.1) is 0 Å². The molecule has 15 heavy (non-hydrogen) atoms. The summed E-state index contributed by atoms with van der Waals surface area (Å²) in [6, 6.07) is 0. The molecule has 0 heterocycles. The Labute approximate surface area is 90.5 Å². The molecule has 5 heteroatoms. The van der Waals surface area contributed by atoms with Crippen molar-refractivity contribution in [1.82, 2.24) is 10.2 Å². The Balaban J connectivity index is 4.31. The highest BCUT2D eigenvalue weighted by Gasteiger charge is 2.32. The van der Waals surface area contributed by atoms with E-state index in [-0.39, 0.29) is 12.5 Å². The van der Waals surface area contributed by atoms with Crippen LogP contribution in [0.1, 0.15) is 26.7 Å². The molecule has 0 aromatic carbocycles. The van der Waals surface area contributed by atoms with Gasteiger partial charge in [-0.2, -0.15) is 0 Å². The minimum absolute atomic E-state index is 0.0514. The van der Waals surface area contributed by atoms with Gasteiger partial charge in [0.2, 0.25) is 5.91 Å². The fourth-order valence-electron chi connectivity index (χ4n) is 1.20. The summed E-state index contributed by atoms with van der Waals surface area (Å²) in [4.78, 5) is 23.7. The van der Waals surface area contributed by atoms with Gasteiger partial charge in [-0.1, -0.05) is 13.3 Å². The maximum Gasteiger partial charge on any atom is 0.323 e. The molecule has 5 nitrogen and oxygen atoms in total. The number of aliphatic carboxylic acids is 1. The molecule has 0 saturated carbocycles. The second-order valence-electron chi connectivity index (χ2n) is 4.03. The molecular weight excluding hydrogens is 196 g/mol. The fourth-order valence-corrected chi connectivity index (χ4v) is 1.20. The minimum atomic E-state index is -1.01. The zero-order chi connectivity index (χ0) is 12.1. The van der Waals surface area contributed by atoms with Crippen LogP contribution in [0.2, 0.25) is 0 Å². The quantitative estimate of drug-likeness (QED) is 0.670. The molecule has 0 rings (SSSR count). The summed E-state index contributed by atoms with van der Waals surface area (Å²) in [6.45, 7) is 3.56. The molecule has 1 atom stereocenters. The van der Waals surface area contributed by atoms with Crippen LogP contribution in [0.4, 0.5) is 0 Å². The maximum absolute atomic E-state index is 11.3. The van der Waals surface area contributed by atoms with E-state index >= 15 is 0 Å². The van der Waals surface area contributed by atoms with Gasteiger partial charge in [-0.25, -0.2) is 0 Å². The van der Waals surface area contributed by atoms with Crippen molar-refractivity contribution < 1.29 is 14.7 Å². The Morgan fingerprint density at radius 3 is 2.27 bits per heavy atom. The van der Waals surface area contributed by atoms with Crippen molar-refractivity contribution in [2.75, 3.05) is 20.6 Å². The van der Waals surface area contributed by atoms with Crippen molar-refractivity contribution in [3.8, 4) is 0 Å². The summed E-state index contributed by atoms with van der Waals surface area (Å²) in [5, 5.41) is 11.8. The molecule has 0 aromatic heterocycles.